The highest BCUT2D eigenvalue weighted by molar-refractivity contribution is 5.67. The van der Waals surface area contributed by atoms with Crippen LogP contribution in [0, 0.1) is 0 Å². The van der Waals surface area contributed by atoms with Crippen molar-refractivity contribution in [1.29, 1.82) is 0 Å². The third kappa shape index (κ3) is 2.40. The fourth-order valence-corrected chi connectivity index (χ4v) is 1.65. The molecule has 96 valence electrons. The van der Waals surface area contributed by atoms with Gasteiger partial charge in [0.2, 0.25) is 5.89 Å². The predicted octanol–water partition coefficient (Wildman–Crippen LogP) is 1.30. The standard InChI is InChI=1S/C11H13N3O4/c1-2-6(13-11(16)17)8(15)10-14-9-7(18-10)4-3-5-12-9/h3-6,8,13,15H,2H2,1H3,(H,16,17). The Morgan fingerprint density at radius 2 is 2.39 bits per heavy atom. The summed E-state index contributed by atoms with van der Waals surface area (Å²) >= 11 is 0. The minimum Gasteiger partial charge on any atom is -0.465 e. The molecule has 3 N–H and O–H groups in total. The molecule has 7 heteroatoms. The van der Waals surface area contributed by atoms with Crippen molar-refractivity contribution in [2.75, 3.05) is 0 Å². The average Bonchev–Trinajstić information content (AvgIpc) is 2.78. The molecule has 18 heavy (non-hydrogen) atoms. The number of hydrogen-bond acceptors (Lipinski definition) is 5. The lowest BCUT2D eigenvalue weighted by Crippen LogP contribution is -2.38. The number of aromatic nitrogens is 2. The van der Waals surface area contributed by atoms with Gasteiger partial charge in [0.05, 0.1) is 6.04 Å². The molecule has 7 nitrogen and oxygen atoms in total. The molecular weight excluding hydrogens is 238 g/mol. The summed E-state index contributed by atoms with van der Waals surface area (Å²) < 4.78 is 5.34. The molecule has 2 aromatic rings. The Morgan fingerprint density at radius 1 is 1.61 bits per heavy atom. The Balaban J connectivity index is 2.26. The summed E-state index contributed by atoms with van der Waals surface area (Å²) in [6, 6.07) is 2.70. The van der Waals surface area contributed by atoms with E-state index in [9.17, 15) is 9.90 Å². The zero-order valence-electron chi connectivity index (χ0n) is 9.70. The number of nitrogens with one attached hydrogen (secondary N) is 1. The maximum Gasteiger partial charge on any atom is 0.404 e. The van der Waals surface area contributed by atoms with E-state index in [4.69, 9.17) is 9.52 Å². The van der Waals surface area contributed by atoms with Crippen LogP contribution in [0.4, 0.5) is 4.79 Å². The van der Waals surface area contributed by atoms with E-state index in [-0.39, 0.29) is 5.89 Å². The van der Waals surface area contributed by atoms with Crippen LogP contribution in [-0.2, 0) is 0 Å². The number of carbonyl (C=O) groups is 1. The normalized spacial score (nSPS) is 14.3. The molecule has 0 saturated carbocycles. The van der Waals surface area contributed by atoms with E-state index in [1.807, 2.05) is 0 Å². The van der Waals surface area contributed by atoms with Gasteiger partial charge in [-0.05, 0) is 18.6 Å². The summed E-state index contributed by atoms with van der Waals surface area (Å²) in [5.74, 6) is 0.0595. The summed E-state index contributed by atoms with van der Waals surface area (Å²) in [5, 5.41) is 20.9. The van der Waals surface area contributed by atoms with Gasteiger partial charge in [-0.25, -0.2) is 9.78 Å². The third-order valence-corrected chi connectivity index (χ3v) is 2.56. The summed E-state index contributed by atoms with van der Waals surface area (Å²) in [5.41, 5.74) is 0.841. The minimum absolute atomic E-state index is 0.0595. The quantitative estimate of drug-likeness (QED) is 0.755. The van der Waals surface area contributed by atoms with Crippen LogP contribution in [-0.4, -0.2) is 32.3 Å². The summed E-state index contributed by atoms with van der Waals surface area (Å²) in [6.07, 6.45) is -0.358. The first-order chi connectivity index (χ1) is 8.61. The van der Waals surface area contributed by atoms with Crippen LogP contribution < -0.4 is 5.32 Å². The van der Waals surface area contributed by atoms with Crippen LogP contribution in [0.25, 0.3) is 11.2 Å². The van der Waals surface area contributed by atoms with Gasteiger partial charge >= 0.3 is 6.09 Å². The first-order valence-electron chi connectivity index (χ1n) is 5.50. The van der Waals surface area contributed by atoms with Gasteiger partial charge in [-0.2, -0.15) is 4.98 Å². The average molecular weight is 251 g/mol. The molecule has 2 unspecified atom stereocenters. The van der Waals surface area contributed by atoms with Crippen LogP contribution in [0.5, 0.6) is 0 Å². The zero-order chi connectivity index (χ0) is 13.1. The number of aliphatic hydroxyl groups is 1. The number of carboxylic acid groups (broad SMARTS) is 1. The van der Waals surface area contributed by atoms with Crippen molar-refractivity contribution < 1.29 is 19.4 Å². The molecule has 0 aliphatic carbocycles. The van der Waals surface area contributed by atoms with Crippen LogP contribution in [0.2, 0.25) is 0 Å². The largest absolute Gasteiger partial charge is 0.465 e. The number of aliphatic hydroxyl groups excluding tert-OH is 1. The summed E-state index contributed by atoms with van der Waals surface area (Å²) in [4.78, 5) is 18.6. The highest BCUT2D eigenvalue weighted by atomic mass is 16.4. The Morgan fingerprint density at radius 3 is 3.00 bits per heavy atom. The van der Waals surface area contributed by atoms with Gasteiger partial charge in [0, 0.05) is 6.20 Å². The van der Waals surface area contributed by atoms with Gasteiger partial charge in [0.1, 0.15) is 0 Å². The van der Waals surface area contributed by atoms with Gasteiger partial charge in [-0.15, -0.1) is 0 Å². The van der Waals surface area contributed by atoms with Gasteiger partial charge in [-0.3, -0.25) is 0 Å². The second-order valence-electron chi connectivity index (χ2n) is 3.79. The summed E-state index contributed by atoms with van der Waals surface area (Å²) in [6.45, 7) is 1.75. The van der Waals surface area contributed by atoms with E-state index in [0.29, 0.717) is 17.7 Å². The Bertz CT molecular complexity index is 521. The first-order valence-corrected chi connectivity index (χ1v) is 5.50. The van der Waals surface area contributed by atoms with Crippen LogP contribution in [0.3, 0.4) is 0 Å². The van der Waals surface area contributed by atoms with E-state index >= 15 is 0 Å². The highest BCUT2D eigenvalue weighted by Crippen LogP contribution is 2.22. The molecule has 0 fully saturated rings. The van der Waals surface area contributed by atoms with Crippen LogP contribution >= 0.6 is 0 Å². The number of rotatable bonds is 4. The van der Waals surface area contributed by atoms with Crippen molar-refractivity contribution >= 4 is 17.3 Å². The number of oxazole rings is 1. The lowest BCUT2D eigenvalue weighted by molar-refractivity contribution is 0.0959. The Hall–Kier alpha value is -2.15. The molecule has 2 heterocycles. The van der Waals surface area contributed by atoms with E-state index in [2.05, 4.69) is 15.3 Å². The molecule has 0 aliphatic heterocycles. The number of pyridine rings is 1. The molecule has 2 atom stereocenters. The molecular formula is C11H13N3O4. The Labute approximate surface area is 102 Å². The number of amides is 1. The fraction of sp³-hybridized carbons (Fsp3) is 0.364. The molecule has 0 radical (unpaired) electrons. The molecule has 1 amide bonds. The fourth-order valence-electron chi connectivity index (χ4n) is 1.65. The van der Waals surface area contributed by atoms with Gasteiger partial charge in [0.25, 0.3) is 0 Å². The second kappa shape index (κ2) is 5.01. The molecule has 0 aliphatic rings. The van der Waals surface area contributed by atoms with Crippen molar-refractivity contribution in [3.63, 3.8) is 0 Å². The van der Waals surface area contributed by atoms with Crippen LogP contribution in [0.15, 0.2) is 22.7 Å². The Kier molecular flexibility index (Phi) is 3.42. The SMILES string of the molecule is CCC(NC(=O)O)C(O)c1nc2ncccc2o1. The maximum atomic E-state index is 10.6. The smallest absolute Gasteiger partial charge is 0.404 e. The lowest BCUT2D eigenvalue weighted by Gasteiger charge is -2.18. The van der Waals surface area contributed by atoms with Crippen molar-refractivity contribution in [3.8, 4) is 0 Å². The topological polar surface area (TPSA) is 108 Å². The van der Waals surface area contributed by atoms with E-state index in [1.54, 1.807) is 25.3 Å². The molecule has 2 rings (SSSR count). The lowest BCUT2D eigenvalue weighted by atomic mass is 10.1. The zero-order valence-corrected chi connectivity index (χ0v) is 9.70. The first kappa shape index (κ1) is 12.3. The third-order valence-electron chi connectivity index (χ3n) is 2.56. The van der Waals surface area contributed by atoms with E-state index < -0.39 is 18.2 Å². The van der Waals surface area contributed by atoms with E-state index in [0.717, 1.165) is 0 Å². The van der Waals surface area contributed by atoms with Crippen molar-refractivity contribution in [1.82, 2.24) is 15.3 Å². The molecule has 0 aromatic carbocycles. The van der Waals surface area contributed by atoms with E-state index in [1.165, 1.54) is 0 Å². The van der Waals surface area contributed by atoms with Gasteiger partial charge < -0.3 is 19.9 Å². The molecule has 0 bridgehead atoms. The number of hydrogen-bond donors (Lipinski definition) is 3. The van der Waals surface area contributed by atoms with Gasteiger partial charge in [0.15, 0.2) is 17.3 Å². The highest BCUT2D eigenvalue weighted by Gasteiger charge is 2.25. The monoisotopic (exact) mass is 251 g/mol. The van der Waals surface area contributed by atoms with Crippen LogP contribution in [0.1, 0.15) is 25.3 Å². The maximum absolute atomic E-state index is 10.6. The minimum atomic E-state index is -1.20. The number of nitrogens with zero attached hydrogens (tertiary/aromatic N) is 2. The van der Waals surface area contributed by atoms with Crippen molar-refractivity contribution in [3.05, 3.63) is 24.2 Å². The molecule has 0 spiro atoms. The van der Waals surface area contributed by atoms with Gasteiger partial charge in [-0.1, -0.05) is 6.92 Å². The second-order valence-corrected chi connectivity index (χ2v) is 3.79. The molecule has 0 saturated heterocycles. The molecule has 2 aromatic heterocycles. The predicted molar refractivity (Wildman–Crippen MR) is 62.0 cm³/mol. The summed E-state index contributed by atoms with van der Waals surface area (Å²) in [7, 11) is 0. The van der Waals surface area contributed by atoms with Crippen molar-refractivity contribution in [2.45, 2.75) is 25.5 Å². The number of fused-ring (bicyclic) bond motifs is 1. The van der Waals surface area contributed by atoms with Crippen molar-refractivity contribution in [2.24, 2.45) is 0 Å².